The maximum Gasteiger partial charge on any atom is 0.135 e. The van der Waals surface area contributed by atoms with Crippen molar-refractivity contribution in [2.75, 3.05) is 0 Å². The second-order valence-corrected chi connectivity index (χ2v) is 3.20. The number of H-pyrrole nitrogens is 1. The first kappa shape index (κ1) is 10.7. The summed E-state index contributed by atoms with van der Waals surface area (Å²) in [6.07, 6.45) is -0.208. The maximum absolute atomic E-state index is 13.3. The zero-order chi connectivity index (χ0) is 11.7. The molecule has 3 nitrogen and oxygen atoms in total. The number of aliphatic hydroxyl groups excluding tert-OH is 1. The van der Waals surface area contributed by atoms with Gasteiger partial charge >= 0.3 is 0 Å². The van der Waals surface area contributed by atoms with Crippen molar-refractivity contribution in [1.82, 2.24) is 10.2 Å². The van der Waals surface area contributed by atoms with Crippen LogP contribution in [0.1, 0.15) is 17.4 Å². The molecule has 0 radical (unpaired) electrons. The van der Waals surface area contributed by atoms with E-state index in [1.165, 1.54) is 12.3 Å². The Morgan fingerprint density at radius 2 is 1.81 bits per heavy atom. The van der Waals surface area contributed by atoms with Crippen molar-refractivity contribution in [3.63, 3.8) is 0 Å². The molecule has 2 aromatic rings. The van der Waals surface area contributed by atoms with Gasteiger partial charge in [-0.3, -0.25) is 5.10 Å². The van der Waals surface area contributed by atoms with Crippen LogP contribution in [0.25, 0.3) is 0 Å². The number of hydrogen-bond donors (Lipinski definition) is 2. The van der Waals surface area contributed by atoms with E-state index < -0.39 is 29.1 Å². The fraction of sp³-hybridized carbons (Fsp3) is 0.100. The zero-order valence-electron chi connectivity index (χ0n) is 7.92. The molecule has 0 saturated heterocycles. The van der Waals surface area contributed by atoms with E-state index in [0.717, 1.165) is 0 Å². The number of benzene rings is 1. The van der Waals surface area contributed by atoms with Crippen LogP contribution in [0.3, 0.4) is 0 Å². The van der Waals surface area contributed by atoms with E-state index in [1.54, 1.807) is 0 Å². The lowest BCUT2D eigenvalue weighted by atomic mass is 10.1. The fourth-order valence-corrected chi connectivity index (χ4v) is 1.39. The van der Waals surface area contributed by atoms with E-state index in [1.807, 2.05) is 0 Å². The maximum atomic E-state index is 13.3. The third-order valence-electron chi connectivity index (χ3n) is 2.13. The number of hydrogen-bond acceptors (Lipinski definition) is 2. The molecule has 1 aromatic heterocycles. The van der Waals surface area contributed by atoms with Gasteiger partial charge in [0, 0.05) is 18.3 Å². The van der Waals surface area contributed by atoms with Crippen LogP contribution in [0.5, 0.6) is 0 Å². The van der Waals surface area contributed by atoms with Gasteiger partial charge in [-0.15, -0.1) is 0 Å². The van der Waals surface area contributed by atoms with E-state index in [4.69, 9.17) is 0 Å². The number of nitrogens with zero attached hydrogens (tertiary/aromatic N) is 1. The first-order chi connectivity index (χ1) is 7.59. The summed E-state index contributed by atoms with van der Waals surface area (Å²) in [5, 5.41) is 15.6. The summed E-state index contributed by atoms with van der Waals surface area (Å²) in [7, 11) is 0. The Bertz CT molecular complexity index is 476. The molecule has 1 aromatic carbocycles. The molecule has 16 heavy (non-hydrogen) atoms. The lowest BCUT2D eigenvalue weighted by Crippen LogP contribution is -2.07. The van der Waals surface area contributed by atoms with Crippen LogP contribution in [0.2, 0.25) is 0 Å². The van der Waals surface area contributed by atoms with Crippen LogP contribution in [0.15, 0.2) is 24.4 Å². The topological polar surface area (TPSA) is 48.9 Å². The summed E-state index contributed by atoms with van der Waals surface area (Å²) in [6, 6.07) is 2.39. The molecule has 0 aliphatic carbocycles. The molecule has 1 atom stereocenters. The molecule has 0 bridgehead atoms. The van der Waals surface area contributed by atoms with Gasteiger partial charge in [0.15, 0.2) is 0 Å². The monoisotopic (exact) mass is 228 g/mol. The smallest absolute Gasteiger partial charge is 0.135 e. The molecule has 1 unspecified atom stereocenters. The molecule has 0 fully saturated rings. The Balaban J connectivity index is 2.48. The van der Waals surface area contributed by atoms with Crippen molar-refractivity contribution in [3.05, 3.63) is 53.1 Å². The number of rotatable bonds is 2. The largest absolute Gasteiger partial charge is 0.382 e. The highest BCUT2D eigenvalue weighted by Crippen LogP contribution is 2.26. The van der Waals surface area contributed by atoms with Crippen LogP contribution >= 0.6 is 0 Å². The van der Waals surface area contributed by atoms with Crippen LogP contribution in [0.4, 0.5) is 13.2 Å². The van der Waals surface area contributed by atoms with E-state index in [0.29, 0.717) is 12.1 Å². The van der Waals surface area contributed by atoms with Gasteiger partial charge in [0.1, 0.15) is 23.6 Å². The van der Waals surface area contributed by atoms with Gasteiger partial charge in [0.25, 0.3) is 0 Å². The molecule has 2 N–H and O–H groups in total. The van der Waals surface area contributed by atoms with E-state index in [2.05, 4.69) is 10.2 Å². The highest BCUT2D eigenvalue weighted by atomic mass is 19.1. The molecular formula is C10H7F3N2O. The highest BCUT2D eigenvalue weighted by Gasteiger charge is 2.21. The molecule has 0 aliphatic rings. The standard InChI is InChI=1S/C10H7F3N2O/c11-5-3-6(12)9(7(13)4-5)10(16)8-1-2-14-15-8/h1-4,10,16H,(H,14,15). The van der Waals surface area contributed by atoms with Gasteiger partial charge in [-0.2, -0.15) is 5.10 Å². The average molecular weight is 228 g/mol. The SMILES string of the molecule is OC(c1ccn[nH]1)c1c(F)cc(F)cc1F. The number of halogens is 3. The van der Waals surface area contributed by atoms with Crippen LogP contribution in [-0.2, 0) is 0 Å². The summed E-state index contributed by atoms with van der Waals surface area (Å²) in [5.74, 6) is -3.31. The van der Waals surface area contributed by atoms with Gasteiger partial charge in [-0.1, -0.05) is 0 Å². The average Bonchev–Trinajstić information content (AvgIpc) is 2.67. The Kier molecular flexibility index (Phi) is 2.66. The van der Waals surface area contributed by atoms with Gasteiger partial charge in [0.05, 0.1) is 11.3 Å². The van der Waals surface area contributed by atoms with Crippen LogP contribution in [-0.4, -0.2) is 15.3 Å². The van der Waals surface area contributed by atoms with Crippen molar-refractivity contribution in [1.29, 1.82) is 0 Å². The molecule has 6 heteroatoms. The number of aromatic amines is 1. The third kappa shape index (κ3) is 1.79. The number of aliphatic hydroxyl groups is 1. The summed E-state index contributed by atoms with van der Waals surface area (Å²) < 4.78 is 39.2. The first-order valence-corrected chi connectivity index (χ1v) is 4.41. The minimum atomic E-state index is -1.54. The zero-order valence-corrected chi connectivity index (χ0v) is 7.92. The summed E-state index contributed by atoms with van der Waals surface area (Å²) in [4.78, 5) is 0. The van der Waals surface area contributed by atoms with Crippen LogP contribution < -0.4 is 0 Å². The molecule has 0 aliphatic heterocycles. The molecule has 84 valence electrons. The van der Waals surface area contributed by atoms with Crippen molar-refractivity contribution >= 4 is 0 Å². The van der Waals surface area contributed by atoms with Crippen LogP contribution in [0, 0.1) is 17.5 Å². The van der Waals surface area contributed by atoms with Gasteiger partial charge in [0.2, 0.25) is 0 Å². The van der Waals surface area contributed by atoms with E-state index in [9.17, 15) is 18.3 Å². The molecule has 1 heterocycles. The summed E-state index contributed by atoms with van der Waals surface area (Å²) >= 11 is 0. The molecule has 0 saturated carbocycles. The van der Waals surface area contributed by atoms with E-state index in [-0.39, 0.29) is 5.69 Å². The van der Waals surface area contributed by atoms with Crippen molar-refractivity contribution in [3.8, 4) is 0 Å². The Morgan fingerprint density at radius 3 is 2.31 bits per heavy atom. The van der Waals surface area contributed by atoms with Gasteiger partial charge in [-0.05, 0) is 6.07 Å². The minimum Gasteiger partial charge on any atom is -0.382 e. The normalized spacial score (nSPS) is 12.8. The predicted octanol–water partition coefficient (Wildman–Crippen LogP) is 1.91. The third-order valence-corrected chi connectivity index (χ3v) is 2.13. The fourth-order valence-electron chi connectivity index (χ4n) is 1.39. The Labute approximate surface area is 88.5 Å². The predicted molar refractivity (Wildman–Crippen MR) is 49.0 cm³/mol. The molecule has 2 rings (SSSR count). The lowest BCUT2D eigenvalue weighted by Gasteiger charge is -2.11. The molecule has 0 amide bonds. The first-order valence-electron chi connectivity index (χ1n) is 4.41. The second-order valence-electron chi connectivity index (χ2n) is 3.20. The molecular weight excluding hydrogens is 221 g/mol. The van der Waals surface area contributed by atoms with E-state index >= 15 is 0 Å². The second kappa shape index (κ2) is 3.97. The highest BCUT2D eigenvalue weighted by molar-refractivity contribution is 5.28. The Hall–Kier alpha value is -1.82. The summed E-state index contributed by atoms with van der Waals surface area (Å²) in [6.45, 7) is 0. The molecule has 0 spiro atoms. The quantitative estimate of drug-likeness (QED) is 0.824. The number of nitrogens with one attached hydrogen (secondary N) is 1. The van der Waals surface area contributed by atoms with Gasteiger partial charge in [-0.25, -0.2) is 13.2 Å². The Morgan fingerprint density at radius 1 is 1.19 bits per heavy atom. The van der Waals surface area contributed by atoms with Crippen molar-refractivity contribution in [2.45, 2.75) is 6.10 Å². The minimum absolute atomic E-state index is 0.129. The lowest BCUT2D eigenvalue weighted by molar-refractivity contribution is 0.203. The van der Waals surface area contributed by atoms with Crippen molar-refractivity contribution < 1.29 is 18.3 Å². The number of aromatic nitrogens is 2. The van der Waals surface area contributed by atoms with Gasteiger partial charge < -0.3 is 5.11 Å². The van der Waals surface area contributed by atoms with Crippen molar-refractivity contribution in [2.24, 2.45) is 0 Å². The summed E-state index contributed by atoms with van der Waals surface area (Å²) in [5.41, 5.74) is -0.477.